The van der Waals surface area contributed by atoms with Crippen LogP contribution in [-0.2, 0) is 6.54 Å². The molecule has 0 bridgehead atoms. The molecule has 0 aliphatic heterocycles. The number of nitrogens with zero attached hydrogens (tertiary/aromatic N) is 3. The van der Waals surface area contributed by atoms with Crippen molar-refractivity contribution in [2.45, 2.75) is 30.6 Å². The van der Waals surface area contributed by atoms with Gasteiger partial charge in [-0.25, -0.2) is 0 Å². The van der Waals surface area contributed by atoms with Crippen molar-refractivity contribution in [3.05, 3.63) is 16.4 Å². The van der Waals surface area contributed by atoms with Crippen molar-refractivity contribution in [1.29, 1.82) is 0 Å². The summed E-state index contributed by atoms with van der Waals surface area (Å²) in [6.45, 7) is 0.420. The standard InChI is InChI=1S/C9H12Cl2N4S/c10-3-6(11)5-16-9-14-13-8(4-12)15(9)7-1-2-7/h3,7H,1-2,4-5,12H2. The predicted octanol–water partition coefficient (Wildman–Crippen LogP) is 2.48. The summed E-state index contributed by atoms with van der Waals surface area (Å²) in [6, 6.07) is 0.523. The van der Waals surface area contributed by atoms with Crippen molar-refractivity contribution in [3.63, 3.8) is 0 Å². The van der Waals surface area contributed by atoms with Gasteiger partial charge >= 0.3 is 0 Å². The molecule has 16 heavy (non-hydrogen) atoms. The number of rotatable bonds is 5. The van der Waals surface area contributed by atoms with Crippen LogP contribution in [0.3, 0.4) is 0 Å². The van der Waals surface area contributed by atoms with E-state index in [0.717, 1.165) is 11.0 Å². The second-order valence-corrected chi connectivity index (χ2v) is 5.19. The molecule has 0 atom stereocenters. The normalized spacial score (nSPS) is 16.8. The predicted molar refractivity (Wildman–Crippen MR) is 66.7 cm³/mol. The fraction of sp³-hybridized carbons (Fsp3) is 0.556. The van der Waals surface area contributed by atoms with Crippen LogP contribution in [0, 0.1) is 0 Å². The maximum absolute atomic E-state index is 5.83. The van der Waals surface area contributed by atoms with E-state index < -0.39 is 0 Å². The minimum Gasteiger partial charge on any atom is -0.324 e. The van der Waals surface area contributed by atoms with Crippen LogP contribution in [0.1, 0.15) is 24.7 Å². The highest BCUT2D eigenvalue weighted by Crippen LogP contribution is 2.39. The van der Waals surface area contributed by atoms with Gasteiger partial charge in [0.1, 0.15) is 5.82 Å². The summed E-state index contributed by atoms with van der Waals surface area (Å²) in [6.07, 6.45) is 2.36. The van der Waals surface area contributed by atoms with Crippen molar-refractivity contribution in [2.75, 3.05) is 5.75 Å². The third kappa shape index (κ3) is 2.71. The Morgan fingerprint density at radius 3 is 2.88 bits per heavy atom. The topological polar surface area (TPSA) is 56.7 Å². The lowest BCUT2D eigenvalue weighted by Gasteiger charge is -2.06. The van der Waals surface area contributed by atoms with Gasteiger partial charge in [-0.1, -0.05) is 35.0 Å². The van der Waals surface area contributed by atoms with Crippen LogP contribution in [-0.4, -0.2) is 20.5 Å². The Balaban J connectivity index is 2.11. The van der Waals surface area contributed by atoms with E-state index in [1.54, 1.807) is 0 Å². The number of aromatic nitrogens is 3. The zero-order valence-corrected chi connectivity index (χ0v) is 10.9. The molecule has 1 aromatic heterocycles. The molecule has 7 heteroatoms. The first-order chi connectivity index (χ1) is 7.76. The van der Waals surface area contributed by atoms with E-state index in [0.29, 0.717) is 23.4 Å². The van der Waals surface area contributed by atoms with Crippen LogP contribution in [0.15, 0.2) is 15.7 Å². The molecule has 1 aromatic rings. The molecule has 2 rings (SSSR count). The van der Waals surface area contributed by atoms with Crippen LogP contribution < -0.4 is 5.73 Å². The second-order valence-electron chi connectivity index (χ2n) is 3.55. The second kappa shape index (κ2) is 5.40. The molecular weight excluding hydrogens is 267 g/mol. The Morgan fingerprint density at radius 2 is 2.31 bits per heavy atom. The fourth-order valence-corrected chi connectivity index (χ4v) is 2.58. The van der Waals surface area contributed by atoms with Gasteiger partial charge in [-0.3, -0.25) is 0 Å². The van der Waals surface area contributed by atoms with Gasteiger partial charge in [-0.2, -0.15) is 0 Å². The number of hydrogen-bond donors (Lipinski definition) is 1. The summed E-state index contributed by atoms with van der Waals surface area (Å²) in [4.78, 5) is 0. The van der Waals surface area contributed by atoms with E-state index >= 15 is 0 Å². The monoisotopic (exact) mass is 278 g/mol. The van der Waals surface area contributed by atoms with Crippen LogP contribution >= 0.6 is 35.0 Å². The Hall–Kier alpha value is -0.230. The minimum absolute atomic E-state index is 0.420. The van der Waals surface area contributed by atoms with Gasteiger partial charge in [0.25, 0.3) is 0 Å². The quantitative estimate of drug-likeness (QED) is 0.841. The summed E-state index contributed by atoms with van der Waals surface area (Å²) in [5.74, 6) is 1.46. The Labute approximate surface area is 108 Å². The lowest BCUT2D eigenvalue weighted by Crippen LogP contribution is -2.08. The number of nitrogens with two attached hydrogens (primary N) is 1. The number of thioether (sulfide) groups is 1. The minimum atomic E-state index is 0.420. The molecular formula is C9H12Cl2N4S. The van der Waals surface area contributed by atoms with E-state index in [1.165, 1.54) is 30.1 Å². The maximum Gasteiger partial charge on any atom is 0.191 e. The lowest BCUT2D eigenvalue weighted by atomic mass is 10.5. The largest absolute Gasteiger partial charge is 0.324 e. The molecule has 1 aliphatic carbocycles. The van der Waals surface area contributed by atoms with Crippen LogP contribution in [0.2, 0.25) is 0 Å². The Bertz CT molecular complexity index is 400. The van der Waals surface area contributed by atoms with Gasteiger partial charge in [-0.15, -0.1) is 10.2 Å². The average molecular weight is 279 g/mol. The zero-order chi connectivity index (χ0) is 11.5. The number of halogens is 2. The Morgan fingerprint density at radius 1 is 1.56 bits per heavy atom. The molecule has 0 radical (unpaired) electrons. The first-order valence-corrected chi connectivity index (χ1v) is 6.77. The van der Waals surface area contributed by atoms with Gasteiger partial charge < -0.3 is 10.3 Å². The number of hydrogen-bond acceptors (Lipinski definition) is 4. The van der Waals surface area contributed by atoms with Crippen LogP contribution in [0.5, 0.6) is 0 Å². The summed E-state index contributed by atoms with van der Waals surface area (Å²) in [5.41, 5.74) is 6.99. The van der Waals surface area contributed by atoms with E-state index in [-0.39, 0.29) is 0 Å². The van der Waals surface area contributed by atoms with E-state index in [9.17, 15) is 0 Å². The molecule has 1 heterocycles. The van der Waals surface area contributed by atoms with Crippen molar-refractivity contribution in [1.82, 2.24) is 14.8 Å². The third-order valence-electron chi connectivity index (χ3n) is 2.29. The van der Waals surface area contributed by atoms with E-state index in [1.807, 2.05) is 0 Å². The van der Waals surface area contributed by atoms with Crippen molar-refractivity contribution in [2.24, 2.45) is 5.73 Å². The average Bonchev–Trinajstić information content (AvgIpc) is 3.06. The smallest absolute Gasteiger partial charge is 0.191 e. The molecule has 4 nitrogen and oxygen atoms in total. The van der Waals surface area contributed by atoms with Crippen molar-refractivity contribution < 1.29 is 0 Å². The molecule has 88 valence electrons. The molecule has 0 aromatic carbocycles. The van der Waals surface area contributed by atoms with Crippen LogP contribution in [0.4, 0.5) is 0 Å². The van der Waals surface area contributed by atoms with Gasteiger partial charge in [0.15, 0.2) is 5.16 Å². The molecule has 1 aliphatic rings. The summed E-state index contributed by atoms with van der Waals surface area (Å²) < 4.78 is 2.11. The first kappa shape index (κ1) is 12.2. The highest BCUT2D eigenvalue weighted by molar-refractivity contribution is 7.99. The van der Waals surface area contributed by atoms with Crippen LogP contribution in [0.25, 0.3) is 0 Å². The van der Waals surface area contributed by atoms with Crippen molar-refractivity contribution in [3.8, 4) is 0 Å². The molecule has 0 spiro atoms. The maximum atomic E-state index is 5.83. The van der Waals surface area contributed by atoms with Crippen molar-refractivity contribution >= 4 is 35.0 Å². The van der Waals surface area contributed by atoms with Gasteiger partial charge in [0.2, 0.25) is 0 Å². The SMILES string of the molecule is NCc1nnc(SCC(Cl)=CCl)n1C1CC1. The van der Waals surface area contributed by atoms with E-state index in [4.69, 9.17) is 28.9 Å². The first-order valence-electron chi connectivity index (χ1n) is 4.97. The molecule has 1 fully saturated rings. The summed E-state index contributed by atoms with van der Waals surface area (Å²) >= 11 is 12.9. The fourth-order valence-electron chi connectivity index (χ4n) is 1.41. The molecule has 0 unspecified atom stereocenters. The summed E-state index contributed by atoms with van der Waals surface area (Å²) in [7, 11) is 0. The highest BCUT2D eigenvalue weighted by Gasteiger charge is 2.29. The molecule has 0 amide bonds. The molecule has 1 saturated carbocycles. The van der Waals surface area contributed by atoms with Gasteiger partial charge in [0, 0.05) is 22.4 Å². The van der Waals surface area contributed by atoms with E-state index in [2.05, 4.69) is 14.8 Å². The third-order valence-corrected chi connectivity index (χ3v) is 4.06. The Kier molecular flexibility index (Phi) is 4.13. The molecule has 0 saturated heterocycles. The van der Waals surface area contributed by atoms with Gasteiger partial charge in [-0.05, 0) is 12.8 Å². The summed E-state index contributed by atoms with van der Waals surface area (Å²) in [5, 5.41) is 9.67. The molecule has 2 N–H and O–H groups in total. The van der Waals surface area contributed by atoms with Gasteiger partial charge in [0.05, 0.1) is 6.54 Å². The zero-order valence-electron chi connectivity index (χ0n) is 8.57. The highest BCUT2D eigenvalue weighted by atomic mass is 35.5. The lowest BCUT2D eigenvalue weighted by molar-refractivity contribution is 0.626.